The highest BCUT2D eigenvalue weighted by Crippen LogP contribution is 2.39. The number of nitrogens with zero attached hydrogens (tertiary/aromatic N) is 4. The van der Waals surface area contributed by atoms with Gasteiger partial charge in [-0.2, -0.15) is 0 Å². The van der Waals surface area contributed by atoms with Crippen LogP contribution in [0.2, 0.25) is 0 Å². The molecule has 0 saturated carbocycles. The van der Waals surface area contributed by atoms with Gasteiger partial charge in [0.1, 0.15) is 17.9 Å². The summed E-state index contributed by atoms with van der Waals surface area (Å²) < 4.78 is 20.7. The molecule has 0 amide bonds. The van der Waals surface area contributed by atoms with Gasteiger partial charge in [0, 0.05) is 29.9 Å². The molecule has 0 aliphatic carbocycles. The normalized spacial score (nSPS) is 36.8. The van der Waals surface area contributed by atoms with Crippen molar-refractivity contribution in [2.75, 3.05) is 20.7 Å². The summed E-state index contributed by atoms with van der Waals surface area (Å²) >= 11 is 0. The molecule has 1 aromatic carbocycles. The zero-order valence-corrected chi connectivity index (χ0v) is 32.4. The number of ketones is 1. The number of allylic oxidation sites excluding steroid dienone is 3. The molecule has 1 fully saturated rings. The Hall–Kier alpha value is -3.30. The number of aryl methyl sites for hydroxylation is 1. The lowest BCUT2D eigenvalue weighted by molar-refractivity contribution is -0.362. The number of cyclic esters (lactones) is 1. The van der Waals surface area contributed by atoms with Crippen molar-refractivity contribution in [3.05, 3.63) is 60.3 Å². The zero-order valence-electron chi connectivity index (χ0n) is 32.4. The Bertz CT molecular complexity index is 1550. The van der Waals surface area contributed by atoms with Gasteiger partial charge < -0.3 is 39.5 Å². The van der Waals surface area contributed by atoms with Gasteiger partial charge in [0.15, 0.2) is 11.6 Å². The van der Waals surface area contributed by atoms with Crippen LogP contribution in [-0.2, 0) is 30.3 Å². The molecule has 13 heteroatoms. The molecule has 1 aromatic heterocycles. The van der Waals surface area contributed by atoms with Gasteiger partial charge in [0.2, 0.25) is 0 Å². The van der Waals surface area contributed by atoms with E-state index in [-0.39, 0.29) is 18.8 Å². The van der Waals surface area contributed by atoms with Crippen LogP contribution in [-0.4, -0.2) is 121 Å². The summed E-state index contributed by atoms with van der Waals surface area (Å²) in [5.74, 6) is -4.51. The quantitative estimate of drug-likeness (QED) is 0.276. The second-order valence-corrected chi connectivity index (χ2v) is 15.3. The number of aliphatic hydroxyl groups is 4. The number of benzene rings is 1. The molecule has 1 saturated heterocycles. The Morgan fingerprint density at radius 2 is 1.77 bits per heavy atom. The van der Waals surface area contributed by atoms with E-state index in [2.05, 4.69) is 10.3 Å². The summed E-state index contributed by atoms with van der Waals surface area (Å²) in [5, 5.41) is 53.3. The minimum Gasteiger partial charge on any atom is -0.462 e. The van der Waals surface area contributed by atoms with Gasteiger partial charge in [-0.3, -0.25) is 14.3 Å². The molecule has 4 rings (SSSR count). The van der Waals surface area contributed by atoms with E-state index in [0.29, 0.717) is 31.5 Å². The fourth-order valence-electron chi connectivity index (χ4n) is 7.62. The highest BCUT2D eigenvalue weighted by atomic mass is 16.7. The topological polar surface area (TPSA) is 177 Å². The van der Waals surface area contributed by atoms with Gasteiger partial charge in [-0.05, 0) is 66.1 Å². The van der Waals surface area contributed by atoms with Crippen LogP contribution in [0.3, 0.4) is 0 Å². The van der Waals surface area contributed by atoms with Gasteiger partial charge in [0.25, 0.3) is 0 Å². The Kier molecular flexibility index (Phi) is 15.1. The average molecular weight is 741 g/mol. The van der Waals surface area contributed by atoms with E-state index in [1.165, 1.54) is 6.08 Å². The van der Waals surface area contributed by atoms with Gasteiger partial charge in [0.05, 0.1) is 49.7 Å². The van der Waals surface area contributed by atoms with Crippen LogP contribution in [0.1, 0.15) is 67.2 Å². The number of ether oxygens (including phenoxy) is 3. The molecule has 0 spiro atoms. The maximum Gasteiger partial charge on any atom is 0.308 e. The molecule has 53 heavy (non-hydrogen) atoms. The number of aromatic nitrogens is 3. The first-order chi connectivity index (χ1) is 25.1. The molecule has 0 bridgehead atoms. The van der Waals surface area contributed by atoms with E-state index in [0.717, 1.165) is 11.1 Å². The molecule has 2 unspecified atom stereocenters. The van der Waals surface area contributed by atoms with E-state index < -0.39 is 78.1 Å². The van der Waals surface area contributed by atoms with Crippen molar-refractivity contribution in [2.45, 2.75) is 122 Å². The predicted octanol–water partition coefficient (Wildman–Crippen LogP) is 3.55. The highest BCUT2D eigenvalue weighted by Gasteiger charge is 2.54. The third-order valence-corrected chi connectivity index (χ3v) is 10.9. The standard InChI is InChI=1S/C40H60N4O9/c1-9-34-30(23-45)19-24(2)15-16-32(46)25(3)20-29(17-18-44-22-31(41-42-44)28-13-11-10-12-14-28)38(26(4)33(47)21-35(48)51-34)53-40(6)39(50)36(43(7)8)37(49)27(5)52-40/h10-16,19,22,25-27,29-30,33-34,36-39,45,47,49-50H,9,17-18,20-21,23H2,1-8H3/b16-15+,24-19+/t25-,26+,27-,29+,30-,33-,34-,36?,37-,38-,39?,40+/m1/s1. The van der Waals surface area contributed by atoms with Crippen molar-refractivity contribution in [1.82, 2.24) is 19.9 Å². The van der Waals surface area contributed by atoms with Crippen LogP contribution < -0.4 is 0 Å². The number of hydrogen-bond donors (Lipinski definition) is 4. The average Bonchev–Trinajstić information content (AvgIpc) is 3.60. The second-order valence-electron chi connectivity index (χ2n) is 15.3. The molecule has 2 aromatic rings. The zero-order chi connectivity index (χ0) is 39.0. The van der Waals surface area contributed by atoms with E-state index in [9.17, 15) is 30.0 Å². The first-order valence-electron chi connectivity index (χ1n) is 18.8. The van der Waals surface area contributed by atoms with Crippen LogP contribution in [0.25, 0.3) is 11.3 Å². The summed E-state index contributed by atoms with van der Waals surface area (Å²) in [6.07, 6.45) is 1.94. The fourth-order valence-corrected chi connectivity index (χ4v) is 7.62. The molecule has 13 nitrogen and oxygen atoms in total. The SMILES string of the molecule is CC[C@H]1OC(=O)C[C@@H](O)[C@H](C)[C@@H](O[C@]2(C)O[C@H](C)[C@@H](O)C(N(C)C)C2O)[C@@H](CCn2cc(-c3ccccc3)nn2)C[C@@H](C)C(=O)/C=C/C(C)=C/[C@@H]1CO. The largest absolute Gasteiger partial charge is 0.462 e. The van der Waals surface area contributed by atoms with Crippen LogP contribution in [0.5, 0.6) is 0 Å². The number of likely N-dealkylation sites (N-methyl/N-ethyl adjacent to an activating group) is 1. The van der Waals surface area contributed by atoms with Crippen molar-refractivity contribution in [1.29, 1.82) is 0 Å². The van der Waals surface area contributed by atoms with Crippen LogP contribution in [0.4, 0.5) is 0 Å². The van der Waals surface area contributed by atoms with E-state index >= 15 is 0 Å². The molecular weight excluding hydrogens is 680 g/mol. The van der Waals surface area contributed by atoms with Crippen molar-refractivity contribution in [2.24, 2.45) is 23.7 Å². The number of aliphatic hydroxyl groups excluding tert-OH is 4. The van der Waals surface area contributed by atoms with E-state index in [1.807, 2.05) is 57.3 Å². The first-order valence-corrected chi connectivity index (χ1v) is 18.8. The lowest BCUT2D eigenvalue weighted by Crippen LogP contribution is -2.68. The van der Waals surface area contributed by atoms with Gasteiger partial charge in [-0.15, -0.1) is 5.10 Å². The number of carbonyl (C=O) groups is 2. The van der Waals surface area contributed by atoms with Gasteiger partial charge >= 0.3 is 5.97 Å². The minimum absolute atomic E-state index is 0.113. The maximum atomic E-state index is 13.7. The number of rotatable bonds is 9. The summed E-state index contributed by atoms with van der Waals surface area (Å²) in [7, 11) is 3.51. The van der Waals surface area contributed by atoms with Crippen LogP contribution in [0, 0.1) is 23.7 Å². The minimum atomic E-state index is -1.64. The van der Waals surface area contributed by atoms with Gasteiger partial charge in [-0.1, -0.05) is 74.0 Å². The first kappa shape index (κ1) is 42.4. The summed E-state index contributed by atoms with van der Waals surface area (Å²) in [5.41, 5.74) is 2.36. The fraction of sp³-hybridized carbons (Fsp3) is 0.650. The lowest BCUT2D eigenvalue weighted by Gasteiger charge is -2.52. The summed E-state index contributed by atoms with van der Waals surface area (Å²) in [4.78, 5) is 28.7. The summed E-state index contributed by atoms with van der Waals surface area (Å²) in [6, 6.07) is 8.96. The van der Waals surface area contributed by atoms with Crippen LogP contribution in [0.15, 0.2) is 60.3 Å². The molecule has 3 heterocycles. The number of esters is 1. The molecule has 2 aliphatic heterocycles. The molecule has 2 aliphatic rings. The number of hydrogen-bond acceptors (Lipinski definition) is 12. The molecule has 4 N–H and O–H groups in total. The smallest absolute Gasteiger partial charge is 0.308 e. The summed E-state index contributed by atoms with van der Waals surface area (Å²) in [6.45, 7) is 10.8. The molecule has 12 atom stereocenters. The second kappa shape index (κ2) is 18.8. The number of carbonyl (C=O) groups excluding carboxylic acids is 2. The molecular formula is C40H60N4O9. The van der Waals surface area contributed by atoms with Crippen molar-refractivity contribution < 1.29 is 44.2 Å². The van der Waals surface area contributed by atoms with Gasteiger partial charge in [-0.25, -0.2) is 0 Å². The molecule has 0 radical (unpaired) electrons. The predicted molar refractivity (Wildman–Crippen MR) is 199 cm³/mol. The maximum absolute atomic E-state index is 13.7. The lowest BCUT2D eigenvalue weighted by atomic mass is 9.79. The van der Waals surface area contributed by atoms with Crippen molar-refractivity contribution in [3.63, 3.8) is 0 Å². The Balaban J connectivity index is 1.76. The van der Waals surface area contributed by atoms with E-state index in [1.54, 1.807) is 56.6 Å². The van der Waals surface area contributed by atoms with Crippen molar-refractivity contribution >= 4 is 11.8 Å². The van der Waals surface area contributed by atoms with Crippen LogP contribution >= 0.6 is 0 Å². The Morgan fingerprint density at radius 3 is 2.42 bits per heavy atom. The third-order valence-electron chi connectivity index (χ3n) is 10.9. The third kappa shape index (κ3) is 10.7. The highest BCUT2D eigenvalue weighted by molar-refractivity contribution is 5.91. The van der Waals surface area contributed by atoms with E-state index in [4.69, 9.17) is 14.2 Å². The monoisotopic (exact) mass is 740 g/mol. The van der Waals surface area contributed by atoms with Crippen molar-refractivity contribution in [3.8, 4) is 11.3 Å². The molecule has 294 valence electrons. The Morgan fingerprint density at radius 1 is 1.08 bits per heavy atom. The Labute approximate surface area is 313 Å².